The first-order valence-corrected chi connectivity index (χ1v) is 12.0. The van der Waals surface area contributed by atoms with Crippen molar-refractivity contribution in [3.63, 3.8) is 0 Å². The summed E-state index contributed by atoms with van der Waals surface area (Å²) in [7, 11) is 1.86. The maximum atomic E-state index is 13.0. The second-order valence-corrected chi connectivity index (χ2v) is 10.2. The number of aryl methyl sites for hydroxylation is 1. The van der Waals surface area contributed by atoms with Crippen molar-refractivity contribution in [1.82, 2.24) is 20.1 Å². The summed E-state index contributed by atoms with van der Waals surface area (Å²) in [4.78, 5) is 17.4. The van der Waals surface area contributed by atoms with Crippen molar-refractivity contribution < 1.29 is 9.42 Å². The fourth-order valence-electron chi connectivity index (χ4n) is 5.92. The summed E-state index contributed by atoms with van der Waals surface area (Å²) in [6, 6.07) is 15.7. The third-order valence-corrected chi connectivity index (χ3v) is 8.11. The van der Waals surface area contributed by atoms with Crippen LogP contribution < -0.4 is 0 Å². The predicted molar refractivity (Wildman–Crippen MR) is 125 cm³/mol. The summed E-state index contributed by atoms with van der Waals surface area (Å²) in [5.74, 6) is 0.396. The van der Waals surface area contributed by atoms with Gasteiger partial charge in [-0.3, -0.25) is 9.69 Å². The summed E-state index contributed by atoms with van der Waals surface area (Å²) < 4.78 is 4.77. The molecule has 170 valence electrons. The Morgan fingerprint density at radius 1 is 1.12 bits per heavy atom. The standard InChI is InChI=1S/C27H30N4O2/c1-18-25(29-33-28-18)17-30(2)26(32)24-15-27(24)9-11-31(12-10-27)16-19-7-8-23-21(13-19)14-20-5-3-4-6-22(20)23/h3-8,13,24H,9-12,14-17H2,1-2H3. The van der Waals surface area contributed by atoms with Gasteiger partial charge in [-0.1, -0.05) is 52.8 Å². The Morgan fingerprint density at radius 2 is 1.91 bits per heavy atom. The van der Waals surface area contributed by atoms with Crippen molar-refractivity contribution in [3.05, 3.63) is 70.5 Å². The molecular formula is C27H30N4O2. The predicted octanol–water partition coefficient (Wildman–Crippen LogP) is 4.21. The van der Waals surface area contributed by atoms with Crippen molar-refractivity contribution in [1.29, 1.82) is 0 Å². The lowest BCUT2D eigenvalue weighted by molar-refractivity contribution is -0.133. The van der Waals surface area contributed by atoms with Crippen molar-refractivity contribution >= 4 is 5.91 Å². The summed E-state index contributed by atoms with van der Waals surface area (Å²) >= 11 is 0. The summed E-state index contributed by atoms with van der Waals surface area (Å²) in [6.07, 6.45) is 4.29. The Morgan fingerprint density at radius 3 is 2.70 bits per heavy atom. The molecule has 1 amide bonds. The van der Waals surface area contributed by atoms with Crippen molar-refractivity contribution in [2.24, 2.45) is 11.3 Å². The number of hydrogen-bond donors (Lipinski definition) is 0. The molecule has 1 unspecified atom stereocenters. The van der Waals surface area contributed by atoms with Crippen LogP contribution in [-0.2, 0) is 24.3 Å². The van der Waals surface area contributed by atoms with Crippen LogP contribution >= 0.6 is 0 Å². The highest BCUT2D eigenvalue weighted by molar-refractivity contribution is 5.82. The van der Waals surface area contributed by atoms with Gasteiger partial charge >= 0.3 is 0 Å². The molecule has 3 aromatic rings. The average Bonchev–Trinajstić information content (AvgIpc) is 3.15. The molecule has 6 rings (SSSR count). The van der Waals surface area contributed by atoms with Crippen LogP contribution in [0.2, 0.25) is 0 Å². The zero-order valence-electron chi connectivity index (χ0n) is 19.4. The van der Waals surface area contributed by atoms with Crippen LogP contribution in [0.1, 0.15) is 47.3 Å². The van der Waals surface area contributed by atoms with Gasteiger partial charge in [0, 0.05) is 19.5 Å². The molecule has 1 saturated carbocycles. The second kappa shape index (κ2) is 7.80. The zero-order chi connectivity index (χ0) is 22.6. The van der Waals surface area contributed by atoms with Gasteiger partial charge in [0.25, 0.3) is 0 Å². The van der Waals surface area contributed by atoms with Crippen LogP contribution in [0, 0.1) is 18.3 Å². The Hall–Kier alpha value is -2.99. The lowest BCUT2D eigenvalue weighted by atomic mass is 9.90. The number of nitrogens with zero attached hydrogens (tertiary/aromatic N) is 4. The van der Waals surface area contributed by atoms with Gasteiger partial charge in [0.1, 0.15) is 11.4 Å². The number of carbonyl (C=O) groups excluding carboxylic acids is 1. The number of benzene rings is 2. The van der Waals surface area contributed by atoms with E-state index < -0.39 is 0 Å². The third-order valence-electron chi connectivity index (χ3n) is 8.11. The lowest BCUT2D eigenvalue weighted by Gasteiger charge is -2.33. The van der Waals surface area contributed by atoms with Crippen LogP contribution in [0.3, 0.4) is 0 Å². The third kappa shape index (κ3) is 3.66. The van der Waals surface area contributed by atoms with Crippen LogP contribution in [0.25, 0.3) is 11.1 Å². The molecule has 0 radical (unpaired) electrons. The zero-order valence-corrected chi connectivity index (χ0v) is 19.4. The minimum Gasteiger partial charge on any atom is -0.339 e. The highest BCUT2D eigenvalue weighted by Crippen LogP contribution is 2.60. The molecule has 2 aliphatic carbocycles. The Kier molecular flexibility index (Phi) is 4.87. The number of carbonyl (C=O) groups is 1. The maximum Gasteiger partial charge on any atom is 0.226 e. The summed E-state index contributed by atoms with van der Waals surface area (Å²) in [6.45, 7) is 5.46. The molecule has 3 aliphatic rings. The van der Waals surface area contributed by atoms with E-state index in [2.05, 4.69) is 57.7 Å². The van der Waals surface area contributed by atoms with Gasteiger partial charge in [-0.05, 0) is 78.9 Å². The number of fused-ring (bicyclic) bond motifs is 3. The van der Waals surface area contributed by atoms with E-state index in [1.54, 1.807) is 4.90 Å². The van der Waals surface area contributed by atoms with E-state index in [0.717, 1.165) is 56.7 Å². The summed E-state index contributed by atoms with van der Waals surface area (Å²) in [5.41, 5.74) is 8.78. The fourth-order valence-corrected chi connectivity index (χ4v) is 5.92. The van der Waals surface area contributed by atoms with Crippen molar-refractivity contribution in [2.45, 2.75) is 45.7 Å². The van der Waals surface area contributed by atoms with Crippen LogP contribution in [0.15, 0.2) is 47.1 Å². The SMILES string of the molecule is Cc1nonc1CN(C)C(=O)C1CC12CCN(Cc1ccc3c(c1)Cc1ccccc1-3)CC2. The molecule has 6 nitrogen and oxygen atoms in total. The van der Waals surface area contributed by atoms with E-state index in [4.69, 9.17) is 4.63 Å². The van der Waals surface area contributed by atoms with E-state index in [1.807, 2.05) is 14.0 Å². The van der Waals surface area contributed by atoms with E-state index in [9.17, 15) is 4.79 Å². The molecule has 6 heteroatoms. The van der Waals surface area contributed by atoms with Gasteiger partial charge in [0.15, 0.2) is 0 Å². The summed E-state index contributed by atoms with van der Waals surface area (Å²) in [5, 5.41) is 7.73. The van der Waals surface area contributed by atoms with Crippen LogP contribution in [0.4, 0.5) is 0 Å². The van der Waals surface area contributed by atoms with E-state index in [-0.39, 0.29) is 17.2 Å². The molecule has 0 bridgehead atoms. The minimum atomic E-state index is 0.156. The van der Waals surface area contributed by atoms with Gasteiger partial charge in [0.2, 0.25) is 5.91 Å². The first-order chi connectivity index (χ1) is 16.0. The first-order valence-electron chi connectivity index (χ1n) is 12.0. The number of hydrogen-bond acceptors (Lipinski definition) is 5. The molecule has 2 aromatic carbocycles. The smallest absolute Gasteiger partial charge is 0.226 e. The number of likely N-dealkylation sites (tertiary alicyclic amines) is 1. The second-order valence-electron chi connectivity index (χ2n) is 10.2. The minimum absolute atomic E-state index is 0.156. The molecule has 33 heavy (non-hydrogen) atoms. The molecule has 2 heterocycles. The van der Waals surface area contributed by atoms with Gasteiger partial charge in [-0.15, -0.1) is 0 Å². The highest BCUT2D eigenvalue weighted by Gasteiger charge is 2.59. The lowest BCUT2D eigenvalue weighted by Crippen LogP contribution is -2.37. The molecule has 0 N–H and O–H groups in total. The monoisotopic (exact) mass is 442 g/mol. The van der Waals surface area contributed by atoms with Gasteiger partial charge in [-0.25, -0.2) is 4.63 Å². The topological polar surface area (TPSA) is 62.5 Å². The first kappa shape index (κ1) is 20.6. The highest BCUT2D eigenvalue weighted by atomic mass is 16.6. The Labute approximate surface area is 194 Å². The van der Waals surface area contributed by atoms with E-state index in [1.165, 1.54) is 27.8 Å². The molecule has 1 spiro atoms. The normalized spacial score (nSPS) is 20.5. The van der Waals surface area contributed by atoms with Gasteiger partial charge in [-0.2, -0.15) is 0 Å². The van der Waals surface area contributed by atoms with Gasteiger partial charge in [0.05, 0.1) is 6.54 Å². The molecular weight excluding hydrogens is 412 g/mol. The largest absolute Gasteiger partial charge is 0.339 e. The molecule has 2 fully saturated rings. The maximum absolute atomic E-state index is 13.0. The number of aromatic nitrogens is 2. The van der Waals surface area contributed by atoms with Crippen LogP contribution in [0.5, 0.6) is 0 Å². The molecule has 1 aromatic heterocycles. The van der Waals surface area contributed by atoms with Crippen molar-refractivity contribution in [2.75, 3.05) is 20.1 Å². The van der Waals surface area contributed by atoms with Crippen LogP contribution in [-0.4, -0.2) is 46.2 Å². The number of piperidine rings is 1. The quantitative estimate of drug-likeness (QED) is 0.463. The van der Waals surface area contributed by atoms with E-state index >= 15 is 0 Å². The molecule has 1 atom stereocenters. The van der Waals surface area contributed by atoms with E-state index in [0.29, 0.717) is 6.54 Å². The average molecular weight is 443 g/mol. The molecule has 1 saturated heterocycles. The fraction of sp³-hybridized carbons (Fsp3) is 0.444. The number of amides is 1. The number of rotatable bonds is 5. The Bertz CT molecular complexity index is 1210. The Balaban J connectivity index is 1.04. The molecule has 1 aliphatic heterocycles. The van der Waals surface area contributed by atoms with Gasteiger partial charge < -0.3 is 4.90 Å². The van der Waals surface area contributed by atoms with Crippen molar-refractivity contribution in [3.8, 4) is 11.1 Å².